The minimum absolute atomic E-state index is 0.204. The van der Waals surface area contributed by atoms with Crippen molar-refractivity contribution in [3.63, 3.8) is 0 Å². The van der Waals surface area contributed by atoms with Gasteiger partial charge in [-0.15, -0.1) is 11.8 Å². The van der Waals surface area contributed by atoms with Crippen molar-refractivity contribution in [1.29, 1.82) is 0 Å². The molecule has 0 aliphatic carbocycles. The SMILES string of the molecule is O=S(=O)(O)CCCN1CSc2ccc(Cl)cc21. The van der Waals surface area contributed by atoms with Crippen LogP contribution in [0, 0.1) is 0 Å². The first-order valence-corrected chi connectivity index (χ1v) is 8.05. The van der Waals surface area contributed by atoms with E-state index in [9.17, 15) is 8.42 Å². The average molecular weight is 294 g/mol. The molecule has 1 aromatic rings. The van der Waals surface area contributed by atoms with Gasteiger partial charge in [-0.2, -0.15) is 8.42 Å². The van der Waals surface area contributed by atoms with Crippen LogP contribution >= 0.6 is 23.4 Å². The van der Waals surface area contributed by atoms with Crippen molar-refractivity contribution in [3.05, 3.63) is 23.2 Å². The number of hydrogen-bond acceptors (Lipinski definition) is 4. The largest absolute Gasteiger partial charge is 0.361 e. The summed E-state index contributed by atoms with van der Waals surface area (Å²) in [6, 6.07) is 5.69. The van der Waals surface area contributed by atoms with Crippen molar-refractivity contribution in [2.24, 2.45) is 0 Å². The predicted molar refractivity (Wildman–Crippen MR) is 70.6 cm³/mol. The summed E-state index contributed by atoms with van der Waals surface area (Å²) in [7, 11) is -3.86. The van der Waals surface area contributed by atoms with E-state index in [1.54, 1.807) is 11.8 Å². The first kappa shape index (κ1) is 13.0. The van der Waals surface area contributed by atoms with Gasteiger partial charge in [-0.1, -0.05) is 11.6 Å². The monoisotopic (exact) mass is 293 g/mol. The molecule has 0 unspecified atom stereocenters. The molecule has 0 bridgehead atoms. The normalized spacial score (nSPS) is 15.1. The third kappa shape index (κ3) is 3.51. The number of fused-ring (bicyclic) bond motifs is 1. The molecule has 17 heavy (non-hydrogen) atoms. The highest BCUT2D eigenvalue weighted by molar-refractivity contribution is 7.99. The Bertz CT molecular complexity index is 518. The third-order valence-corrected chi connectivity index (χ3v) is 4.60. The zero-order chi connectivity index (χ0) is 12.5. The standard InChI is InChI=1S/C10H12ClNO3S2/c11-8-2-3-10-9(6-8)12(7-16-10)4-1-5-17(13,14)15/h2-3,6H,1,4-5,7H2,(H,13,14,15). The van der Waals surface area contributed by atoms with Gasteiger partial charge in [-0.05, 0) is 24.6 Å². The summed E-state index contributed by atoms with van der Waals surface area (Å²) in [4.78, 5) is 3.22. The molecule has 1 aromatic carbocycles. The fourth-order valence-electron chi connectivity index (χ4n) is 1.70. The van der Waals surface area contributed by atoms with E-state index in [0.717, 1.165) is 16.5 Å². The summed E-state index contributed by atoms with van der Waals surface area (Å²) in [5, 5.41) is 0.672. The number of rotatable bonds is 4. The second-order valence-corrected chi connectivity index (χ2v) is 6.78. The van der Waals surface area contributed by atoms with Gasteiger partial charge >= 0.3 is 0 Å². The minimum atomic E-state index is -3.86. The fourth-order valence-corrected chi connectivity index (χ4v) is 3.42. The molecule has 7 heteroatoms. The molecule has 2 rings (SSSR count). The van der Waals surface area contributed by atoms with E-state index >= 15 is 0 Å². The average Bonchev–Trinajstić information content (AvgIpc) is 2.59. The Morgan fingerprint density at radius 1 is 1.47 bits per heavy atom. The lowest BCUT2D eigenvalue weighted by molar-refractivity contribution is 0.481. The zero-order valence-corrected chi connectivity index (χ0v) is 11.4. The predicted octanol–water partition coefficient (Wildman–Crippen LogP) is 2.49. The van der Waals surface area contributed by atoms with Gasteiger partial charge in [0.25, 0.3) is 10.1 Å². The Kier molecular flexibility index (Phi) is 3.87. The topological polar surface area (TPSA) is 57.6 Å². The Hall–Kier alpha value is -0.430. The number of halogens is 1. The van der Waals surface area contributed by atoms with Crippen LogP contribution in [0.3, 0.4) is 0 Å². The molecular formula is C10H12ClNO3S2. The lowest BCUT2D eigenvalue weighted by Gasteiger charge is -2.17. The maximum Gasteiger partial charge on any atom is 0.264 e. The quantitative estimate of drug-likeness (QED) is 0.864. The molecule has 0 radical (unpaired) electrons. The summed E-state index contributed by atoms with van der Waals surface area (Å²) in [6.07, 6.45) is 0.408. The van der Waals surface area contributed by atoms with Crippen LogP contribution in [0.2, 0.25) is 5.02 Å². The van der Waals surface area contributed by atoms with E-state index in [1.807, 2.05) is 18.2 Å². The highest BCUT2D eigenvalue weighted by Gasteiger charge is 2.20. The zero-order valence-electron chi connectivity index (χ0n) is 8.97. The Morgan fingerprint density at radius 3 is 2.94 bits per heavy atom. The lowest BCUT2D eigenvalue weighted by atomic mass is 10.3. The van der Waals surface area contributed by atoms with E-state index in [1.165, 1.54) is 0 Å². The smallest absolute Gasteiger partial charge is 0.264 e. The number of thioether (sulfide) groups is 1. The first-order chi connectivity index (χ1) is 7.96. The molecule has 0 saturated heterocycles. The maximum absolute atomic E-state index is 10.6. The Labute approximate surface area is 110 Å². The summed E-state index contributed by atoms with van der Waals surface area (Å²) >= 11 is 7.62. The van der Waals surface area contributed by atoms with Gasteiger partial charge in [0.1, 0.15) is 0 Å². The molecule has 1 N–H and O–H groups in total. The third-order valence-electron chi connectivity index (χ3n) is 2.47. The Morgan fingerprint density at radius 2 is 2.24 bits per heavy atom. The highest BCUT2D eigenvalue weighted by Crippen LogP contribution is 2.39. The molecule has 0 aromatic heterocycles. The van der Waals surface area contributed by atoms with Crippen molar-refractivity contribution >= 4 is 39.2 Å². The molecule has 94 valence electrons. The van der Waals surface area contributed by atoms with E-state index in [-0.39, 0.29) is 5.75 Å². The number of anilines is 1. The van der Waals surface area contributed by atoms with E-state index in [4.69, 9.17) is 16.2 Å². The number of benzene rings is 1. The fraction of sp³-hybridized carbons (Fsp3) is 0.400. The van der Waals surface area contributed by atoms with Gasteiger partial charge in [0.15, 0.2) is 0 Å². The van der Waals surface area contributed by atoms with E-state index in [2.05, 4.69) is 4.90 Å². The van der Waals surface area contributed by atoms with Gasteiger partial charge in [-0.3, -0.25) is 4.55 Å². The van der Waals surface area contributed by atoms with Crippen LogP contribution in [-0.4, -0.2) is 31.1 Å². The number of nitrogens with zero attached hydrogens (tertiary/aromatic N) is 1. The van der Waals surface area contributed by atoms with Crippen molar-refractivity contribution in [1.82, 2.24) is 0 Å². The molecule has 0 spiro atoms. The minimum Gasteiger partial charge on any atom is -0.361 e. The second-order valence-electron chi connectivity index (χ2n) is 3.79. The molecule has 1 heterocycles. The van der Waals surface area contributed by atoms with Crippen LogP contribution in [0.25, 0.3) is 0 Å². The van der Waals surface area contributed by atoms with E-state index < -0.39 is 10.1 Å². The summed E-state index contributed by atoms with van der Waals surface area (Å²) in [6.45, 7) is 0.597. The van der Waals surface area contributed by atoms with Crippen molar-refractivity contribution < 1.29 is 13.0 Å². The van der Waals surface area contributed by atoms with Crippen LogP contribution in [0.1, 0.15) is 6.42 Å². The maximum atomic E-state index is 10.6. The molecular weight excluding hydrogens is 282 g/mol. The lowest BCUT2D eigenvalue weighted by Crippen LogP contribution is -2.22. The molecule has 0 fully saturated rings. The number of hydrogen-bond donors (Lipinski definition) is 1. The van der Waals surface area contributed by atoms with Crippen molar-refractivity contribution in [3.8, 4) is 0 Å². The second kappa shape index (κ2) is 5.06. The van der Waals surface area contributed by atoms with Crippen LogP contribution < -0.4 is 4.90 Å². The van der Waals surface area contributed by atoms with Gasteiger partial charge in [0, 0.05) is 16.5 Å². The van der Waals surface area contributed by atoms with E-state index in [0.29, 0.717) is 18.0 Å². The summed E-state index contributed by atoms with van der Waals surface area (Å²) in [5.41, 5.74) is 1.04. The molecule has 0 amide bonds. The van der Waals surface area contributed by atoms with Gasteiger partial charge < -0.3 is 4.90 Å². The van der Waals surface area contributed by atoms with Crippen molar-refractivity contribution in [2.45, 2.75) is 11.3 Å². The molecule has 1 aliphatic rings. The van der Waals surface area contributed by atoms with Gasteiger partial charge in [0.05, 0.1) is 17.3 Å². The van der Waals surface area contributed by atoms with Crippen LogP contribution in [0.5, 0.6) is 0 Å². The summed E-state index contributed by atoms with van der Waals surface area (Å²) < 4.78 is 29.9. The van der Waals surface area contributed by atoms with Crippen molar-refractivity contribution in [2.75, 3.05) is 23.1 Å². The highest BCUT2D eigenvalue weighted by atomic mass is 35.5. The van der Waals surface area contributed by atoms with Gasteiger partial charge in [-0.25, -0.2) is 0 Å². The first-order valence-electron chi connectivity index (χ1n) is 5.08. The molecule has 0 saturated carbocycles. The molecule has 4 nitrogen and oxygen atoms in total. The van der Waals surface area contributed by atoms with Crippen LogP contribution in [0.15, 0.2) is 23.1 Å². The van der Waals surface area contributed by atoms with Gasteiger partial charge in [0.2, 0.25) is 0 Å². The van der Waals surface area contributed by atoms with Crippen LogP contribution in [0.4, 0.5) is 5.69 Å². The molecule has 0 atom stereocenters. The molecule has 1 aliphatic heterocycles. The summed E-state index contributed by atoms with van der Waals surface area (Å²) in [5.74, 6) is 0.589. The van der Waals surface area contributed by atoms with Crippen LogP contribution in [-0.2, 0) is 10.1 Å². The Balaban J connectivity index is 2.00.